The number of rotatable bonds is 19. The van der Waals surface area contributed by atoms with Crippen LogP contribution in [0.25, 0.3) is 0 Å². The minimum absolute atomic E-state index is 0. The van der Waals surface area contributed by atoms with Crippen molar-refractivity contribution in [2.45, 2.75) is 134 Å². The van der Waals surface area contributed by atoms with Gasteiger partial charge in [-0.2, -0.15) is 8.42 Å². The van der Waals surface area contributed by atoms with Crippen molar-refractivity contribution in [1.82, 2.24) is 0 Å². The topological polar surface area (TPSA) is 54.4 Å². The molecule has 0 spiro atoms. The van der Waals surface area contributed by atoms with E-state index in [9.17, 15) is 8.42 Å². The van der Waals surface area contributed by atoms with Crippen molar-refractivity contribution < 1.29 is 44.0 Å². The molecule has 0 radical (unpaired) electrons. The Bertz CT molecular complexity index is 635. The maximum absolute atomic E-state index is 11.1. The third-order valence-corrected chi connectivity index (χ3v) is 7.11. The fraction of sp³-hybridized carbons (Fsp3) is 0.769. The zero-order valence-electron chi connectivity index (χ0n) is 21.6. The number of hydrogen-bond donors (Lipinski definition) is 1. The third kappa shape index (κ3) is 16.4. The summed E-state index contributed by atoms with van der Waals surface area (Å²) in [5.74, 6) is 0.423. The van der Waals surface area contributed by atoms with Gasteiger partial charge in [-0.15, -0.1) is 0 Å². The van der Waals surface area contributed by atoms with Crippen LogP contribution in [0.3, 0.4) is 0 Å². The van der Waals surface area contributed by atoms with Crippen LogP contribution < -0.4 is 29.6 Å². The van der Waals surface area contributed by atoms with Gasteiger partial charge in [-0.05, 0) is 30.0 Å². The summed E-state index contributed by atoms with van der Waals surface area (Å²) in [6, 6.07) is 6.63. The Balaban J connectivity index is 0. The van der Waals surface area contributed by atoms with Gasteiger partial charge in [0.1, 0.15) is 0 Å². The molecule has 1 aromatic carbocycles. The molecule has 0 aromatic heterocycles. The van der Waals surface area contributed by atoms with Crippen LogP contribution in [-0.2, 0) is 10.1 Å². The van der Waals surface area contributed by atoms with Crippen LogP contribution in [0, 0.1) is 0 Å². The zero-order valence-corrected chi connectivity index (χ0v) is 23.4. The van der Waals surface area contributed by atoms with E-state index in [1.54, 1.807) is 0 Å². The Morgan fingerprint density at radius 3 is 1.42 bits per heavy atom. The Hall–Kier alpha value is 0.130. The third-order valence-electron chi connectivity index (χ3n) is 6.24. The minimum atomic E-state index is -4.09. The summed E-state index contributed by atoms with van der Waals surface area (Å²) in [4.78, 5) is -0.0270. The Labute approximate surface area is 216 Å². The molecule has 3 nitrogen and oxygen atoms in total. The van der Waals surface area contributed by atoms with Crippen LogP contribution in [-0.4, -0.2) is 13.0 Å². The predicted octanol–water partition coefficient (Wildman–Crippen LogP) is 5.80. The first-order chi connectivity index (χ1) is 14.4. The van der Waals surface area contributed by atoms with Gasteiger partial charge in [-0.3, -0.25) is 4.55 Å². The molecule has 0 fully saturated rings. The van der Waals surface area contributed by atoms with Crippen molar-refractivity contribution in [2.24, 2.45) is 0 Å². The van der Waals surface area contributed by atoms with E-state index in [1.807, 2.05) is 12.1 Å². The molecule has 176 valence electrons. The normalized spacial score (nSPS) is 12.5. The van der Waals surface area contributed by atoms with Crippen LogP contribution in [0.4, 0.5) is 0 Å². The molecule has 1 aromatic rings. The second-order valence-electron chi connectivity index (χ2n) is 9.04. The Kier molecular flexibility index (Phi) is 19.7. The largest absolute Gasteiger partial charge is 1.00 e. The Morgan fingerprint density at radius 1 is 0.710 bits per heavy atom. The van der Waals surface area contributed by atoms with E-state index in [0.29, 0.717) is 5.92 Å². The van der Waals surface area contributed by atoms with Crippen LogP contribution in [0.15, 0.2) is 29.2 Å². The van der Waals surface area contributed by atoms with Crippen molar-refractivity contribution >= 4 is 10.1 Å². The second kappa shape index (κ2) is 19.6. The summed E-state index contributed by atoms with van der Waals surface area (Å²) in [6.07, 6.45) is 23.3. The van der Waals surface area contributed by atoms with E-state index in [4.69, 9.17) is 4.55 Å². The van der Waals surface area contributed by atoms with E-state index in [0.717, 1.165) is 12.0 Å². The van der Waals surface area contributed by atoms with Gasteiger partial charge in [0.2, 0.25) is 0 Å². The summed E-state index contributed by atoms with van der Waals surface area (Å²) in [5.41, 5.74) is 1.14. The molecule has 0 saturated heterocycles. The summed E-state index contributed by atoms with van der Waals surface area (Å²) in [7, 11) is -4.09. The molecule has 1 N–H and O–H groups in total. The van der Waals surface area contributed by atoms with Gasteiger partial charge in [0.25, 0.3) is 10.1 Å². The molecule has 0 heterocycles. The number of hydrogen-bond acceptors (Lipinski definition) is 2. The fourth-order valence-corrected chi connectivity index (χ4v) is 4.61. The average Bonchev–Trinajstić information content (AvgIpc) is 2.72. The van der Waals surface area contributed by atoms with Gasteiger partial charge in [0.05, 0.1) is 4.90 Å². The van der Waals surface area contributed by atoms with Crippen molar-refractivity contribution in [3.05, 3.63) is 29.8 Å². The number of unbranched alkanes of at least 4 members (excludes halogenated alkanes) is 15. The molecule has 0 bridgehead atoms. The van der Waals surface area contributed by atoms with Crippen LogP contribution in [0.5, 0.6) is 0 Å². The first-order valence-electron chi connectivity index (χ1n) is 12.5. The zero-order chi connectivity index (χ0) is 22.1. The first kappa shape index (κ1) is 31.1. The van der Waals surface area contributed by atoms with Gasteiger partial charge in [-0.1, -0.05) is 129 Å². The van der Waals surface area contributed by atoms with Gasteiger partial charge >= 0.3 is 29.6 Å². The standard InChI is InChI=1S/C26H46O3S.Na.H/c1-3-4-5-6-7-8-9-10-11-12-13-14-15-16-17-18-19-24(2)25-20-22-26(23-21-25)30(27,28)29;;/h20-24H,3-19H2,1-2H3,(H,27,28,29);;/q;+1;-1. The smallest absolute Gasteiger partial charge is 1.00 e. The van der Waals surface area contributed by atoms with Crippen molar-refractivity contribution in [1.29, 1.82) is 0 Å². The quantitative estimate of drug-likeness (QED) is 0.160. The van der Waals surface area contributed by atoms with E-state index in [-0.39, 0.29) is 35.9 Å². The van der Waals surface area contributed by atoms with Crippen molar-refractivity contribution in [2.75, 3.05) is 0 Å². The van der Waals surface area contributed by atoms with Crippen LogP contribution in [0.1, 0.15) is 136 Å². The van der Waals surface area contributed by atoms with E-state index < -0.39 is 10.1 Å². The van der Waals surface area contributed by atoms with E-state index in [2.05, 4.69) is 13.8 Å². The van der Waals surface area contributed by atoms with Crippen molar-refractivity contribution in [3.8, 4) is 0 Å². The Morgan fingerprint density at radius 2 is 1.06 bits per heavy atom. The SMILES string of the molecule is CCCCCCCCCCCCCCCCCCC(C)c1ccc(S(=O)(=O)O)cc1.[H-].[Na+]. The minimum Gasteiger partial charge on any atom is -1.00 e. The molecule has 5 heteroatoms. The molecule has 0 aliphatic carbocycles. The molecular weight excluding hydrogens is 415 g/mol. The monoisotopic (exact) mass is 462 g/mol. The maximum Gasteiger partial charge on any atom is 1.00 e. The van der Waals surface area contributed by atoms with E-state index in [1.165, 1.54) is 115 Å². The summed E-state index contributed by atoms with van der Waals surface area (Å²) < 4.78 is 31.3. The van der Waals surface area contributed by atoms with Crippen LogP contribution >= 0.6 is 0 Å². The van der Waals surface area contributed by atoms with Gasteiger partial charge < -0.3 is 1.43 Å². The molecule has 0 saturated carbocycles. The molecule has 0 amide bonds. The number of benzene rings is 1. The molecule has 1 unspecified atom stereocenters. The first-order valence-corrected chi connectivity index (χ1v) is 14.0. The second-order valence-corrected chi connectivity index (χ2v) is 10.5. The predicted molar refractivity (Wildman–Crippen MR) is 130 cm³/mol. The maximum atomic E-state index is 11.1. The molecular formula is C26H47NaO3S. The molecule has 0 aliphatic rings. The summed E-state index contributed by atoms with van der Waals surface area (Å²) >= 11 is 0. The molecule has 1 rings (SSSR count). The van der Waals surface area contributed by atoms with E-state index >= 15 is 0 Å². The fourth-order valence-electron chi connectivity index (χ4n) is 4.13. The summed E-state index contributed by atoms with van der Waals surface area (Å²) in [6.45, 7) is 4.47. The average molecular weight is 463 g/mol. The molecule has 31 heavy (non-hydrogen) atoms. The van der Waals surface area contributed by atoms with Gasteiger partial charge in [0, 0.05) is 0 Å². The summed E-state index contributed by atoms with van der Waals surface area (Å²) in [5, 5.41) is 0. The van der Waals surface area contributed by atoms with Crippen molar-refractivity contribution in [3.63, 3.8) is 0 Å². The van der Waals surface area contributed by atoms with Crippen LogP contribution in [0.2, 0.25) is 0 Å². The molecule has 0 aliphatic heterocycles. The molecule has 1 atom stereocenters. The van der Waals surface area contributed by atoms with Gasteiger partial charge in [0.15, 0.2) is 0 Å². The van der Waals surface area contributed by atoms with Gasteiger partial charge in [-0.25, -0.2) is 0 Å².